The third-order valence-corrected chi connectivity index (χ3v) is 5.42. The monoisotopic (exact) mass is 386 g/mol. The zero-order chi connectivity index (χ0) is 20.1. The zero-order valence-corrected chi connectivity index (χ0v) is 15.3. The Balaban J connectivity index is 1.80. The number of esters is 1. The van der Waals surface area contributed by atoms with Crippen LogP contribution in [0.2, 0.25) is 0 Å². The lowest BCUT2D eigenvalue weighted by atomic mass is 9.81. The molecule has 0 unspecified atom stereocenters. The molecule has 1 aromatic carbocycles. The van der Waals surface area contributed by atoms with Crippen LogP contribution in [0.1, 0.15) is 25.6 Å². The lowest BCUT2D eigenvalue weighted by Gasteiger charge is -2.28. The molecule has 0 saturated carbocycles. The topological polar surface area (TPSA) is 88.8 Å². The van der Waals surface area contributed by atoms with Crippen LogP contribution >= 0.6 is 0 Å². The molecule has 8 heteroatoms. The Bertz CT molecular complexity index is 927. The van der Waals surface area contributed by atoms with Crippen molar-refractivity contribution >= 4 is 23.5 Å². The van der Waals surface area contributed by atoms with Crippen LogP contribution in [-0.2, 0) is 19.1 Å². The molecule has 1 N–H and O–H groups in total. The van der Waals surface area contributed by atoms with Crippen LogP contribution < -0.4 is 10.2 Å². The summed E-state index contributed by atoms with van der Waals surface area (Å²) in [4.78, 5) is 40.2. The molecule has 2 fully saturated rings. The second-order valence-corrected chi connectivity index (χ2v) is 7.05. The normalized spacial score (nSPS) is 29.2. The SMILES string of the molecule is CCOC(=O)[C@]1(C)N[C@H](c2ccco2)[C@@H]2C(=O)N(c3ccc(F)cc3)C(=O)[C@@H]21. The first kappa shape index (κ1) is 18.4. The Hall–Kier alpha value is -3.00. The van der Waals surface area contributed by atoms with Crippen molar-refractivity contribution in [1.29, 1.82) is 0 Å². The minimum Gasteiger partial charge on any atom is -0.468 e. The second-order valence-electron chi connectivity index (χ2n) is 7.05. The molecule has 2 aliphatic heterocycles. The average Bonchev–Trinajstić information content (AvgIpc) is 3.35. The van der Waals surface area contributed by atoms with Crippen molar-refractivity contribution < 1.29 is 27.9 Å². The van der Waals surface area contributed by atoms with Crippen LogP contribution in [0.25, 0.3) is 0 Å². The summed E-state index contributed by atoms with van der Waals surface area (Å²) in [6, 6.07) is 7.77. The van der Waals surface area contributed by atoms with Gasteiger partial charge in [-0.05, 0) is 50.2 Å². The van der Waals surface area contributed by atoms with Gasteiger partial charge in [0.1, 0.15) is 17.1 Å². The predicted molar refractivity (Wildman–Crippen MR) is 95.5 cm³/mol. The fourth-order valence-corrected chi connectivity index (χ4v) is 4.16. The van der Waals surface area contributed by atoms with Crippen molar-refractivity contribution in [2.45, 2.75) is 25.4 Å². The van der Waals surface area contributed by atoms with Gasteiger partial charge in [0, 0.05) is 0 Å². The molecule has 1 aromatic heterocycles. The molecule has 3 heterocycles. The molecular formula is C20H19FN2O5. The summed E-state index contributed by atoms with van der Waals surface area (Å²) in [5.41, 5.74) is -1.14. The molecule has 28 heavy (non-hydrogen) atoms. The lowest BCUT2D eigenvalue weighted by Crippen LogP contribution is -2.54. The van der Waals surface area contributed by atoms with E-state index < -0.39 is 47.0 Å². The molecule has 2 saturated heterocycles. The zero-order valence-electron chi connectivity index (χ0n) is 15.3. The highest BCUT2D eigenvalue weighted by atomic mass is 19.1. The standard InChI is InChI=1S/C20H19FN2O5/c1-3-27-19(26)20(2)15-14(16(22-20)13-5-4-10-28-13)17(24)23(18(15)25)12-8-6-11(21)7-9-12/h4-10,14-16,22H,3H2,1-2H3/t14-,15-,16-,20-/m1/s1. The van der Waals surface area contributed by atoms with Crippen LogP contribution in [0.5, 0.6) is 0 Å². The highest BCUT2D eigenvalue weighted by molar-refractivity contribution is 6.24. The van der Waals surface area contributed by atoms with E-state index in [1.54, 1.807) is 26.0 Å². The van der Waals surface area contributed by atoms with E-state index in [-0.39, 0.29) is 12.3 Å². The molecular weight excluding hydrogens is 367 g/mol. The van der Waals surface area contributed by atoms with Crippen molar-refractivity contribution in [2.75, 3.05) is 11.5 Å². The number of hydrogen-bond donors (Lipinski definition) is 1. The highest BCUT2D eigenvalue weighted by Gasteiger charge is 2.67. The predicted octanol–water partition coefficient (Wildman–Crippen LogP) is 2.19. The molecule has 0 bridgehead atoms. The largest absolute Gasteiger partial charge is 0.468 e. The van der Waals surface area contributed by atoms with E-state index in [4.69, 9.17) is 9.15 Å². The van der Waals surface area contributed by atoms with Crippen LogP contribution in [0, 0.1) is 17.7 Å². The van der Waals surface area contributed by atoms with Gasteiger partial charge in [0.2, 0.25) is 11.8 Å². The molecule has 4 rings (SSSR count). The summed E-state index contributed by atoms with van der Waals surface area (Å²) < 4.78 is 23.9. The highest BCUT2D eigenvalue weighted by Crippen LogP contribution is 2.50. The Labute approximate surface area is 160 Å². The number of rotatable bonds is 4. The molecule has 2 aliphatic rings. The number of nitrogens with zero attached hydrogens (tertiary/aromatic N) is 1. The molecule has 2 amide bonds. The Morgan fingerprint density at radius 3 is 2.57 bits per heavy atom. The van der Waals surface area contributed by atoms with Crippen molar-refractivity contribution in [1.82, 2.24) is 5.32 Å². The van der Waals surface area contributed by atoms with Crippen LogP contribution in [-0.4, -0.2) is 29.9 Å². The van der Waals surface area contributed by atoms with Gasteiger partial charge < -0.3 is 9.15 Å². The number of imide groups is 1. The first-order chi connectivity index (χ1) is 13.4. The number of fused-ring (bicyclic) bond motifs is 1. The van der Waals surface area contributed by atoms with E-state index in [1.807, 2.05) is 0 Å². The van der Waals surface area contributed by atoms with Gasteiger partial charge in [-0.1, -0.05) is 0 Å². The van der Waals surface area contributed by atoms with E-state index in [1.165, 1.54) is 30.5 Å². The van der Waals surface area contributed by atoms with Crippen LogP contribution in [0.3, 0.4) is 0 Å². The number of benzene rings is 1. The number of halogens is 1. The quantitative estimate of drug-likeness (QED) is 0.640. The van der Waals surface area contributed by atoms with Gasteiger partial charge in [-0.25, -0.2) is 9.29 Å². The number of anilines is 1. The lowest BCUT2D eigenvalue weighted by molar-refractivity contribution is -0.153. The summed E-state index contributed by atoms with van der Waals surface area (Å²) in [5.74, 6) is -3.46. The smallest absolute Gasteiger partial charge is 0.326 e. The summed E-state index contributed by atoms with van der Waals surface area (Å²) in [7, 11) is 0. The molecule has 0 aliphatic carbocycles. The minimum atomic E-state index is -1.40. The Morgan fingerprint density at radius 1 is 1.25 bits per heavy atom. The summed E-state index contributed by atoms with van der Waals surface area (Å²) >= 11 is 0. The third kappa shape index (κ3) is 2.56. The summed E-state index contributed by atoms with van der Waals surface area (Å²) in [5, 5.41) is 3.10. The fraction of sp³-hybridized carbons (Fsp3) is 0.350. The van der Waals surface area contributed by atoms with Gasteiger partial charge in [-0.15, -0.1) is 0 Å². The Morgan fingerprint density at radius 2 is 1.96 bits per heavy atom. The number of nitrogens with one attached hydrogen (secondary N) is 1. The molecule has 7 nitrogen and oxygen atoms in total. The number of carbonyl (C=O) groups is 3. The first-order valence-electron chi connectivity index (χ1n) is 9.00. The maximum atomic E-state index is 13.3. The van der Waals surface area contributed by atoms with Gasteiger partial charge in [-0.2, -0.15) is 0 Å². The summed E-state index contributed by atoms with van der Waals surface area (Å²) in [6.45, 7) is 3.37. The number of hydrogen-bond acceptors (Lipinski definition) is 6. The number of furan rings is 1. The van der Waals surface area contributed by atoms with Crippen molar-refractivity contribution in [3.8, 4) is 0 Å². The van der Waals surface area contributed by atoms with Crippen LogP contribution in [0.15, 0.2) is 47.1 Å². The van der Waals surface area contributed by atoms with E-state index in [0.29, 0.717) is 5.76 Å². The number of ether oxygens (including phenoxy) is 1. The van der Waals surface area contributed by atoms with Crippen molar-refractivity contribution in [2.24, 2.45) is 11.8 Å². The number of amides is 2. The fourth-order valence-electron chi connectivity index (χ4n) is 4.16. The molecule has 0 radical (unpaired) electrons. The maximum Gasteiger partial charge on any atom is 0.326 e. The molecule has 0 spiro atoms. The molecule has 4 atom stereocenters. The first-order valence-corrected chi connectivity index (χ1v) is 9.00. The third-order valence-electron chi connectivity index (χ3n) is 5.42. The van der Waals surface area contributed by atoms with E-state index in [2.05, 4.69) is 5.32 Å². The molecule has 146 valence electrons. The average molecular weight is 386 g/mol. The molecule has 2 aromatic rings. The Kier molecular flexibility index (Phi) is 4.30. The second kappa shape index (κ2) is 6.56. The van der Waals surface area contributed by atoms with Crippen molar-refractivity contribution in [3.63, 3.8) is 0 Å². The van der Waals surface area contributed by atoms with E-state index in [9.17, 15) is 18.8 Å². The van der Waals surface area contributed by atoms with E-state index >= 15 is 0 Å². The summed E-state index contributed by atoms with van der Waals surface area (Å²) in [6.07, 6.45) is 1.46. The van der Waals surface area contributed by atoms with Crippen molar-refractivity contribution in [3.05, 3.63) is 54.2 Å². The van der Waals surface area contributed by atoms with Gasteiger partial charge in [0.05, 0.1) is 36.4 Å². The van der Waals surface area contributed by atoms with E-state index in [0.717, 1.165) is 4.90 Å². The minimum absolute atomic E-state index is 0.142. The van der Waals surface area contributed by atoms with Gasteiger partial charge in [0.25, 0.3) is 0 Å². The van der Waals surface area contributed by atoms with Gasteiger partial charge >= 0.3 is 5.97 Å². The van der Waals surface area contributed by atoms with Gasteiger partial charge in [0.15, 0.2) is 0 Å². The van der Waals surface area contributed by atoms with Gasteiger partial charge in [-0.3, -0.25) is 19.7 Å². The van der Waals surface area contributed by atoms with Crippen LogP contribution in [0.4, 0.5) is 10.1 Å². The number of carbonyl (C=O) groups excluding carboxylic acids is 3. The maximum absolute atomic E-state index is 13.3.